The Hall–Kier alpha value is -2.30. The second-order valence-corrected chi connectivity index (χ2v) is 6.50. The van der Waals surface area contributed by atoms with E-state index in [9.17, 15) is 31.1 Å². The standard InChI is InChI=1S/C17H15F4NO4S/c1-26-16(23)12-4-5-13(15(18)8-12)10-22(27(24)25)9-11-2-6-14(7-3-11)17(19,20)21/h2-8H,9-10H2,1H3,(H,24,25). The molecule has 0 aliphatic heterocycles. The summed E-state index contributed by atoms with van der Waals surface area (Å²) in [6.45, 7) is -0.475. The number of esters is 1. The van der Waals surface area contributed by atoms with Crippen molar-refractivity contribution < 1.29 is 35.9 Å². The van der Waals surface area contributed by atoms with Crippen molar-refractivity contribution in [2.24, 2.45) is 0 Å². The summed E-state index contributed by atoms with van der Waals surface area (Å²) in [7, 11) is 1.15. The lowest BCUT2D eigenvalue weighted by Crippen LogP contribution is -2.25. The number of nitrogens with zero attached hydrogens (tertiary/aromatic N) is 1. The monoisotopic (exact) mass is 405 g/mol. The molecule has 10 heteroatoms. The summed E-state index contributed by atoms with van der Waals surface area (Å²) in [6.07, 6.45) is -4.48. The van der Waals surface area contributed by atoms with Crippen molar-refractivity contribution in [1.82, 2.24) is 4.31 Å². The molecule has 2 aromatic carbocycles. The molecule has 0 amide bonds. The van der Waals surface area contributed by atoms with Crippen LogP contribution < -0.4 is 0 Å². The molecule has 0 aliphatic carbocycles. The Bertz CT molecular complexity index is 840. The predicted molar refractivity (Wildman–Crippen MR) is 89.2 cm³/mol. The highest BCUT2D eigenvalue weighted by Crippen LogP contribution is 2.29. The molecule has 146 valence electrons. The minimum atomic E-state index is -4.48. The van der Waals surface area contributed by atoms with E-state index in [-0.39, 0.29) is 24.2 Å². The summed E-state index contributed by atoms with van der Waals surface area (Å²) in [5.41, 5.74) is -0.473. The van der Waals surface area contributed by atoms with Crippen molar-refractivity contribution in [2.45, 2.75) is 19.3 Å². The Morgan fingerprint density at radius 2 is 1.78 bits per heavy atom. The number of rotatable bonds is 6. The van der Waals surface area contributed by atoms with E-state index in [1.165, 1.54) is 24.3 Å². The van der Waals surface area contributed by atoms with E-state index in [1.54, 1.807) is 0 Å². The number of ether oxygens (including phenoxy) is 1. The lowest BCUT2D eigenvalue weighted by molar-refractivity contribution is -0.137. The number of hydrogen-bond acceptors (Lipinski definition) is 3. The molecule has 1 unspecified atom stereocenters. The Balaban J connectivity index is 2.16. The number of alkyl halides is 3. The first-order valence-electron chi connectivity index (χ1n) is 7.50. The first kappa shape index (κ1) is 21.0. The van der Waals surface area contributed by atoms with Gasteiger partial charge in [-0.3, -0.25) is 4.55 Å². The van der Waals surface area contributed by atoms with Crippen molar-refractivity contribution >= 4 is 17.2 Å². The predicted octanol–water partition coefficient (Wildman–Crippen LogP) is 3.77. The Morgan fingerprint density at radius 3 is 2.26 bits per heavy atom. The topological polar surface area (TPSA) is 66.8 Å². The van der Waals surface area contributed by atoms with Gasteiger partial charge in [0.15, 0.2) is 0 Å². The molecule has 0 bridgehead atoms. The fourth-order valence-electron chi connectivity index (χ4n) is 2.28. The van der Waals surface area contributed by atoms with Gasteiger partial charge in [-0.25, -0.2) is 13.4 Å². The molecule has 0 fully saturated rings. The summed E-state index contributed by atoms with van der Waals surface area (Å²) in [5.74, 6) is -1.51. The van der Waals surface area contributed by atoms with Gasteiger partial charge in [-0.2, -0.15) is 17.5 Å². The molecule has 0 saturated heterocycles. The van der Waals surface area contributed by atoms with Crippen LogP contribution in [0.4, 0.5) is 17.6 Å². The third-order valence-electron chi connectivity index (χ3n) is 3.68. The van der Waals surface area contributed by atoms with Crippen LogP contribution in [0.5, 0.6) is 0 Å². The molecular weight excluding hydrogens is 390 g/mol. The largest absolute Gasteiger partial charge is 0.465 e. The van der Waals surface area contributed by atoms with E-state index in [4.69, 9.17) is 0 Å². The van der Waals surface area contributed by atoms with Gasteiger partial charge in [-0.1, -0.05) is 18.2 Å². The number of carbonyl (C=O) groups is 1. The maximum absolute atomic E-state index is 14.2. The van der Waals surface area contributed by atoms with E-state index in [0.29, 0.717) is 5.56 Å². The van der Waals surface area contributed by atoms with Crippen molar-refractivity contribution in [3.8, 4) is 0 Å². The smallest absolute Gasteiger partial charge is 0.416 e. The molecule has 27 heavy (non-hydrogen) atoms. The van der Waals surface area contributed by atoms with Gasteiger partial charge in [-0.15, -0.1) is 0 Å². The van der Waals surface area contributed by atoms with Crippen LogP contribution in [-0.2, 0) is 35.3 Å². The number of carbonyl (C=O) groups excluding carboxylic acids is 1. The van der Waals surface area contributed by atoms with Crippen LogP contribution in [0, 0.1) is 5.82 Å². The summed E-state index contributed by atoms with van der Waals surface area (Å²) in [6, 6.07) is 7.60. The van der Waals surface area contributed by atoms with Crippen LogP contribution in [0.15, 0.2) is 42.5 Å². The lowest BCUT2D eigenvalue weighted by Gasteiger charge is -2.18. The molecule has 0 spiro atoms. The van der Waals surface area contributed by atoms with Crippen LogP contribution in [0.25, 0.3) is 0 Å². The minimum absolute atomic E-state index is 0.0156. The lowest BCUT2D eigenvalue weighted by atomic mass is 10.1. The van der Waals surface area contributed by atoms with Gasteiger partial charge in [0.2, 0.25) is 11.3 Å². The Morgan fingerprint density at radius 1 is 1.15 bits per heavy atom. The number of halogens is 4. The second kappa shape index (κ2) is 8.59. The summed E-state index contributed by atoms with van der Waals surface area (Å²) in [4.78, 5) is 11.4. The molecule has 2 rings (SSSR count). The molecular formula is C17H15F4NO4S. The molecule has 5 nitrogen and oxygen atoms in total. The highest BCUT2D eigenvalue weighted by molar-refractivity contribution is 7.76. The van der Waals surface area contributed by atoms with Crippen molar-refractivity contribution in [2.75, 3.05) is 7.11 Å². The molecule has 0 radical (unpaired) electrons. The van der Waals surface area contributed by atoms with Gasteiger partial charge in [0.25, 0.3) is 0 Å². The van der Waals surface area contributed by atoms with Crippen LogP contribution >= 0.6 is 0 Å². The fraction of sp³-hybridized carbons (Fsp3) is 0.235. The van der Waals surface area contributed by atoms with E-state index < -0.39 is 34.8 Å². The highest BCUT2D eigenvalue weighted by atomic mass is 32.2. The SMILES string of the molecule is COC(=O)c1ccc(CN(Cc2ccc(C(F)(F)F)cc2)S(=O)O)c(F)c1. The Labute approximate surface area is 155 Å². The van der Waals surface area contributed by atoms with Crippen molar-refractivity contribution in [1.29, 1.82) is 0 Å². The van der Waals surface area contributed by atoms with E-state index in [0.717, 1.165) is 29.6 Å². The van der Waals surface area contributed by atoms with Gasteiger partial charge in [0, 0.05) is 18.7 Å². The number of benzene rings is 2. The third kappa shape index (κ3) is 5.59. The zero-order valence-electron chi connectivity index (χ0n) is 14.0. The maximum atomic E-state index is 14.2. The quantitative estimate of drug-likeness (QED) is 0.451. The van der Waals surface area contributed by atoms with Gasteiger partial charge in [-0.05, 0) is 29.8 Å². The van der Waals surface area contributed by atoms with Gasteiger partial charge in [0.1, 0.15) is 5.82 Å². The van der Waals surface area contributed by atoms with Crippen molar-refractivity contribution in [3.05, 3.63) is 70.5 Å². The third-order valence-corrected chi connectivity index (χ3v) is 4.38. The summed E-state index contributed by atoms with van der Waals surface area (Å²) < 4.78 is 78.3. The molecule has 0 aromatic heterocycles. The van der Waals surface area contributed by atoms with Crippen LogP contribution in [0.3, 0.4) is 0 Å². The molecule has 1 atom stereocenters. The summed E-state index contributed by atoms with van der Waals surface area (Å²) >= 11 is -2.50. The van der Waals surface area contributed by atoms with Crippen LogP contribution in [0.2, 0.25) is 0 Å². The number of hydrogen-bond donors (Lipinski definition) is 1. The maximum Gasteiger partial charge on any atom is 0.416 e. The Kier molecular flexibility index (Phi) is 6.68. The van der Waals surface area contributed by atoms with Crippen LogP contribution in [0.1, 0.15) is 27.0 Å². The molecule has 2 aromatic rings. The molecule has 0 heterocycles. The van der Waals surface area contributed by atoms with E-state index in [2.05, 4.69) is 4.74 Å². The molecule has 1 N–H and O–H groups in total. The van der Waals surface area contributed by atoms with Gasteiger partial charge >= 0.3 is 12.1 Å². The zero-order chi connectivity index (χ0) is 20.2. The number of methoxy groups -OCH3 is 1. The van der Waals surface area contributed by atoms with Gasteiger partial charge in [0.05, 0.1) is 18.2 Å². The van der Waals surface area contributed by atoms with E-state index in [1.807, 2.05) is 0 Å². The second-order valence-electron chi connectivity index (χ2n) is 5.52. The zero-order valence-corrected chi connectivity index (χ0v) is 14.8. The summed E-state index contributed by atoms with van der Waals surface area (Å²) in [5, 5.41) is 0. The van der Waals surface area contributed by atoms with Crippen LogP contribution in [-0.4, -0.2) is 26.1 Å². The first-order chi connectivity index (χ1) is 12.6. The van der Waals surface area contributed by atoms with Crippen molar-refractivity contribution in [3.63, 3.8) is 0 Å². The average molecular weight is 405 g/mol. The van der Waals surface area contributed by atoms with Gasteiger partial charge < -0.3 is 4.74 Å². The molecule has 0 aliphatic rings. The van der Waals surface area contributed by atoms with E-state index >= 15 is 0 Å². The first-order valence-corrected chi connectivity index (χ1v) is 8.57. The highest BCUT2D eigenvalue weighted by Gasteiger charge is 2.30. The normalized spacial score (nSPS) is 12.9. The minimum Gasteiger partial charge on any atom is -0.465 e. The average Bonchev–Trinajstić information content (AvgIpc) is 2.61. The molecule has 0 saturated carbocycles. The fourth-order valence-corrected chi connectivity index (χ4v) is 2.79.